The Bertz CT molecular complexity index is 614. The van der Waals surface area contributed by atoms with Crippen LogP contribution in [0, 0.1) is 0 Å². The van der Waals surface area contributed by atoms with E-state index in [2.05, 4.69) is 5.10 Å². The van der Waals surface area contributed by atoms with E-state index in [1.165, 1.54) is 10.9 Å². The number of nitrogens with zero attached hydrogens (tertiary/aromatic N) is 2. The first kappa shape index (κ1) is 12.7. The summed E-state index contributed by atoms with van der Waals surface area (Å²) in [6, 6.07) is 3.50. The zero-order valence-corrected chi connectivity index (χ0v) is 10.9. The Morgan fingerprint density at radius 2 is 2.28 bits per heavy atom. The summed E-state index contributed by atoms with van der Waals surface area (Å²) in [7, 11) is -3.00. The van der Waals surface area contributed by atoms with Crippen LogP contribution in [0.1, 0.15) is 6.92 Å². The van der Waals surface area contributed by atoms with Crippen LogP contribution in [0.4, 0.5) is 5.69 Å². The molecule has 0 saturated carbocycles. The van der Waals surface area contributed by atoms with Gasteiger partial charge in [0.05, 0.1) is 24.2 Å². The smallest absolute Gasteiger partial charge is 0.156 e. The third-order valence-electron chi connectivity index (χ3n) is 2.62. The lowest BCUT2D eigenvalue weighted by atomic mass is 10.3. The van der Waals surface area contributed by atoms with Gasteiger partial charge in [0.15, 0.2) is 21.3 Å². The number of furan rings is 1. The lowest BCUT2D eigenvalue weighted by molar-refractivity contribution is 0.571. The van der Waals surface area contributed by atoms with Gasteiger partial charge in [-0.2, -0.15) is 5.10 Å². The second-order valence-electron chi connectivity index (χ2n) is 3.91. The molecular formula is C11H15N3O3S. The predicted octanol–water partition coefficient (Wildman–Crippen LogP) is 1.16. The van der Waals surface area contributed by atoms with E-state index in [0.29, 0.717) is 23.7 Å². The van der Waals surface area contributed by atoms with Crippen LogP contribution in [0.25, 0.3) is 11.5 Å². The molecule has 0 aliphatic carbocycles. The van der Waals surface area contributed by atoms with Gasteiger partial charge in [0.25, 0.3) is 0 Å². The maximum absolute atomic E-state index is 11.4. The molecule has 0 atom stereocenters. The molecule has 0 radical (unpaired) electrons. The highest BCUT2D eigenvalue weighted by atomic mass is 32.2. The van der Waals surface area contributed by atoms with E-state index in [4.69, 9.17) is 10.2 Å². The molecular weight excluding hydrogens is 254 g/mol. The summed E-state index contributed by atoms with van der Waals surface area (Å²) in [5, 5.41) is 4.22. The number of hydrogen-bond acceptors (Lipinski definition) is 5. The first-order valence-corrected chi connectivity index (χ1v) is 7.41. The first-order chi connectivity index (χ1) is 8.52. The SMILES string of the molecule is CCS(=O)(=O)CCn1cc(N)c(-c2ccco2)n1. The van der Waals surface area contributed by atoms with Crippen molar-refractivity contribution in [3.63, 3.8) is 0 Å². The van der Waals surface area contributed by atoms with E-state index in [9.17, 15) is 8.42 Å². The van der Waals surface area contributed by atoms with Gasteiger partial charge in [-0.3, -0.25) is 4.68 Å². The van der Waals surface area contributed by atoms with Gasteiger partial charge >= 0.3 is 0 Å². The minimum atomic E-state index is -3.00. The van der Waals surface area contributed by atoms with Gasteiger partial charge in [0.2, 0.25) is 0 Å². The molecule has 0 bridgehead atoms. The molecule has 0 spiro atoms. The van der Waals surface area contributed by atoms with Gasteiger partial charge in [-0.15, -0.1) is 0 Å². The molecule has 2 N–H and O–H groups in total. The second-order valence-corrected chi connectivity index (χ2v) is 6.38. The van der Waals surface area contributed by atoms with Crippen LogP contribution >= 0.6 is 0 Å². The molecule has 2 aromatic rings. The number of rotatable bonds is 5. The highest BCUT2D eigenvalue weighted by molar-refractivity contribution is 7.91. The second kappa shape index (κ2) is 4.85. The lowest BCUT2D eigenvalue weighted by Gasteiger charge is -2.01. The number of nitrogen functional groups attached to an aromatic ring is 1. The van der Waals surface area contributed by atoms with E-state index in [1.54, 1.807) is 25.3 Å². The Hall–Kier alpha value is -1.76. The quantitative estimate of drug-likeness (QED) is 0.879. The zero-order chi connectivity index (χ0) is 13.2. The van der Waals surface area contributed by atoms with Crippen LogP contribution in [-0.2, 0) is 16.4 Å². The number of aryl methyl sites for hydroxylation is 1. The highest BCUT2D eigenvalue weighted by Gasteiger charge is 2.13. The van der Waals surface area contributed by atoms with Crippen molar-refractivity contribution in [1.82, 2.24) is 9.78 Å². The fourth-order valence-electron chi connectivity index (χ4n) is 1.53. The monoisotopic (exact) mass is 269 g/mol. The van der Waals surface area contributed by atoms with Crippen molar-refractivity contribution in [2.24, 2.45) is 0 Å². The number of anilines is 1. The molecule has 6 nitrogen and oxygen atoms in total. The van der Waals surface area contributed by atoms with Crippen molar-refractivity contribution in [1.29, 1.82) is 0 Å². The molecule has 98 valence electrons. The third-order valence-corrected chi connectivity index (χ3v) is 4.30. The van der Waals surface area contributed by atoms with Crippen molar-refractivity contribution < 1.29 is 12.8 Å². The number of hydrogen-bond donors (Lipinski definition) is 1. The summed E-state index contributed by atoms with van der Waals surface area (Å²) >= 11 is 0. The molecule has 7 heteroatoms. The lowest BCUT2D eigenvalue weighted by Crippen LogP contribution is -2.14. The van der Waals surface area contributed by atoms with E-state index >= 15 is 0 Å². The number of aromatic nitrogens is 2. The molecule has 2 aromatic heterocycles. The van der Waals surface area contributed by atoms with Crippen LogP contribution in [-0.4, -0.2) is 29.7 Å². The zero-order valence-electron chi connectivity index (χ0n) is 10.0. The third kappa shape index (κ3) is 2.73. The van der Waals surface area contributed by atoms with Gasteiger partial charge in [-0.1, -0.05) is 6.92 Å². The van der Waals surface area contributed by atoms with Gasteiger partial charge in [0, 0.05) is 11.9 Å². The minimum Gasteiger partial charge on any atom is -0.463 e. The Labute approximate surface area is 105 Å². The number of sulfone groups is 1. The fraction of sp³-hybridized carbons (Fsp3) is 0.364. The molecule has 18 heavy (non-hydrogen) atoms. The van der Waals surface area contributed by atoms with Gasteiger partial charge in [-0.25, -0.2) is 8.42 Å². The molecule has 0 aliphatic heterocycles. The van der Waals surface area contributed by atoms with Crippen LogP contribution < -0.4 is 5.73 Å². The summed E-state index contributed by atoms with van der Waals surface area (Å²) in [5.74, 6) is 0.765. The van der Waals surface area contributed by atoms with Crippen molar-refractivity contribution in [2.75, 3.05) is 17.2 Å². The van der Waals surface area contributed by atoms with E-state index in [0.717, 1.165) is 0 Å². The Morgan fingerprint density at radius 3 is 2.89 bits per heavy atom. The minimum absolute atomic E-state index is 0.0578. The van der Waals surface area contributed by atoms with E-state index < -0.39 is 9.84 Å². The predicted molar refractivity (Wildman–Crippen MR) is 68.7 cm³/mol. The summed E-state index contributed by atoms with van der Waals surface area (Å²) in [6.45, 7) is 1.92. The average Bonchev–Trinajstić information content (AvgIpc) is 2.95. The number of nitrogens with two attached hydrogens (primary N) is 1. The Kier molecular flexibility index (Phi) is 3.42. The maximum atomic E-state index is 11.4. The summed E-state index contributed by atoms with van der Waals surface area (Å²) in [4.78, 5) is 0. The topological polar surface area (TPSA) is 91.1 Å². The van der Waals surface area contributed by atoms with Crippen LogP contribution in [0.3, 0.4) is 0 Å². The molecule has 0 aromatic carbocycles. The van der Waals surface area contributed by atoms with E-state index in [-0.39, 0.29) is 11.5 Å². The average molecular weight is 269 g/mol. The molecule has 2 heterocycles. The first-order valence-electron chi connectivity index (χ1n) is 5.59. The fourth-order valence-corrected chi connectivity index (χ4v) is 2.29. The summed E-state index contributed by atoms with van der Waals surface area (Å²) < 4.78 is 29.5. The maximum Gasteiger partial charge on any atom is 0.156 e. The normalized spacial score (nSPS) is 11.8. The van der Waals surface area contributed by atoms with Gasteiger partial charge < -0.3 is 10.2 Å². The Balaban J connectivity index is 2.15. The molecule has 0 unspecified atom stereocenters. The summed E-state index contributed by atoms with van der Waals surface area (Å²) in [5.41, 5.74) is 6.82. The van der Waals surface area contributed by atoms with Gasteiger partial charge in [-0.05, 0) is 12.1 Å². The summed E-state index contributed by atoms with van der Waals surface area (Å²) in [6.07, 6.45) is 3.15. The standard InChI is InChI=1S/C11H15N3O3S/c1-2-18(15,16)7-5-14-8-9(12)11(13-14)10-4-3-6-17-10/h3-4,6,8H,2,5,7,12H2,1H3. The molecule has 0 saturated heterocycles. The van der Waals surface area contributed by atoms with E-state index in [1.807, 2.05) is 0 Å². The van der Waals surface area contributed by atoms with Gasteiger partial charge in [0.1, 0.15) is 0 Å². The van der Waals surface area contributed by atoms with Crippen molar-refractivity contribution in [3.05, 3.63) is 24.6 Å². The molecule has 0 aliphatic rings. The molecule has 0 fully saturated rings. The largest absolute Gasteiger partial charge is 0.463 e. The highest BCUT2D eigenvalue weighted by Crippen LogP contribution is 2.23. The molecule has 0 amide bonds. The molecule has 2 rings (SSSR count). The Morgan fingerprint density at radius 1 is 1.50 bits per heavy atom. The van der Waals surface area contributed by atoms with Crippen LogP contribution in [0.15, 0.2) is 29.0 Å². The van der Waals surface area contributed by atoms with Crippen LogP contribution in [0.2, 0.25) is 0 Å². The van der Waals surface area contributed by atoms with Crippen molar-refractivity contribution >= 4 is 15.5 Å². The van der Waals surface area contributed by atoms with Crippen molar-refractivity contribution in [2.45, 2.75) is 13.5 Å². The van der Waals surface area contributed by atoms with Crippen LogP contribution in [0.5, 0.6) is 0 Å². The van der Waals surface area contributed by atoms with Crippen molar-refractivity contribution in [3.8, 4) is 11.5 Å².